The fourth-order valence-electron chi connectivity index (χ4n) is 0.577. The molecule has 0 saturated heterocycles. The fourth-order valence-corrected chi connectivity index (χ4v) is 0.577. The highest BCUT2D eigenvalue weighted by Gasteiger charge is 2.10. The Labute approximate surface area is 60.5 Å². The minimum Gasteiger partial charge on any atom is -0.385 e. The molecule has 1 N–H and O–H groups in total. The van der Waals surface area contributed by atoms with E-state index in [2.05, 4.69) is 4.85 Å². The number of ketones is 1. The second-order valence-electron chi connectivity index (χ2n) is 2.09. The van der Waals surface area contributed by atoms with Crippen LogP contribution in [0.2, 0.25) is 0 Å². The van der Waals surface area contributed by atoms with E-state index < -0.39 is 6.10 Å². The average Bonchev–Trinajstić information content (AvgIpc) is 1.88. The van der Waals surface area contributed by atoms with Crippen molar-refractivity contribution in [1.29, 1.82) is 0 Å². The van der Waals surface area contributed by atoms with Gasteiger partial charge in [-0.25, -0.2) is 6.57 Å². The molecule has 0 radical (unpaired) electrons. The number of aliphatic hydroxyl groups is 1. The van der Waals surface area contributed by atoms with Crippen LogP contribution in [-0.2, 0) is 4.79 Å². The molecule has 0 fully saturated rings. The number of carbonyl (C=O) groups excluding carboxylic acids is 1. The smallest absolute Gasteiger partial charge is 0.240 e. The Morgan fingerprint density at radius 1 is 1.80 bits per heavy atom. The van der Waals surface area contributed by atoms with Gasteiger partial charge in [-0.05, 0) is 0 Å². The minimum absolute atomic E-state index is 0.0103. The third kappa shape index (κ3) is 4.04. The molecule has 0 aliphatic heterocycles. The molecule has 0 aliphatic rings. The molecule has 0 saturated carbocycles. The third-order valence-electron chi connectivity index (χ3n) is 1.16. The van der Waals surface area contributed by atoms with Crippen LogP contribution in [0.4, 0.5) is 0 Å². The summed E-state index contributed by atoms with van der Waals surface area (Å²) in [7, 11) is 0. The molecule has 1 unspecified atom stereocenters. The van der Waals surface area contributed by atoms with E-state index in [1.165, 1.54) is 0 Å². The molecule has 56 valence electrons. The van der Waals surface area contributed by atoms with E-state index in [0.29, 0.717) is 6.42 Å². The van der Waals surface area contributed by atoms with E-state index in [1.54, 1.807) is 6.92 Å². The topological polar surface area (TPSA) is 41.7 Å². The van der Waals surface area contributed by atoms with Gasteiger partial charge in [-0.1, -0.05) is 6.92 Å². The van der Waals surface area contributed by atoms with Gasteiger partial charge in [0.1, 0.15) is 11.9 Å². The monoisotopic (exact) mass is 141 g/mol. The Morgan fingerprint density at radius 3 is 2.80 bits per heavy atom. The molecule has 3 nitrogen and oxygen atoms in total. The van der Waals surface area contributed by atoms with Crippen LogP contribution < -0.4 is 0 Å². The van der Waals surface area contributed by atoms with Gasteiger partial charge >= 0.3 is 0 Å². The maximum atomic E-state index is 10.6. The Bertz CT molecular complexity index is 148. The van der Waals surface area contributed by atoms with E-state index in [1.807, 2.05) is 0 Å². The summed E-state index contributed by atoms with van der Waals surface area (Å²) in [5.74, 6) is 0.0103. The summed E-state index contributed by atoms with van der Waals surface area (Å²) in [5.41, 5.74) is 0. The van der Waals surface area contributed by atoms with Gasteiger partial charge in [0.25, 0.3) is 0 Å². The van der Waals surface area contributed by atoms with Gasteiger partial charge in [-0.15, -0.1) is 0 Å². The lowest BCUT2D eigenvalue weighted by Gasteiger charge is -1.99. The van der Waals surface area contributed by atoms with Crippen molar-refractivity contribution in [1.82, 2.24) is 0 Å². The zero-order valence-electron chi connectivity index (χ0n) is 6.00. The zero-order valence-corrected chi connectivity index (χ0v) is 6.00. The first-order chi connectivity index (χ1) is 4.70. The molecule has 0 aromatic heterocycles. The van der Waals surface area contributed by atoms with E-state index in [0.717, 1.165) is 0 Å². The Hall–Kier alpha value is -0.880. The number of hydrogen-bond acceptors (Lipinski definition) is 2. The van der Waals surface area contributed by atoms with Crippen LogP contribution in [0.3, 0.4) is 0 Å². The zero-order chi connectivity index (χ0) is 7.98. The SMILES string of the molecule is [C-]#[N+]CC(O)CC(=O)CC. The second kappa shape index (κ2) is 4.95. The standard InChI is InChI=1S/C7H11NO2/c1-3-6(9)4-7(10)5-8-2/h7,10H,3-5H2,1H3. The van der Waals surface area contributed by atoms with Crippen LogP contribution in [0.5, 0.6) is 0 Å². The summed E-state index contributed by atoms with van der Waals surface area (Å²) in [6, 6.07) is 0. The Kier molecular flexibility index (Phi) is 4.51. The lowest BCUT2D eigenvalue weighted by molar-refractivity contribution is -0.120. The van der Waals surface area contributed by atoms with Crippen molar-refractivity contribution < 1.29 is 9.90 Å². The lowest BCUT2D eigenvalue weighted by atomic mass is 10.1. The summed E-state index contributed by atoms with van der Waals surface area (Å²) in [6.07, 6.45) is -0.196. The van der Waals surface area contributed by atoms with Crippen LogP contribution >= 0.6 is 0 Å². The first-order valence-electron chi connectivity index (χ1n) is 3.23. The van der Waals surface area contributed by atoms with Crippen molar-refractivity contribution in [3.8, 4) is 0 Å². The molecule has 0 heterocycles. The quantitative estimate of drug-likeness (QED) is 0.583. The van der Waals surface area contributed by atoms with Crippen molar-refractivity contribution in [3.05, 3.63) is 11.4 Å². The highest BCUT2D eigenvalue weighted by Crippen LogP contribution is 1.96. The maximum Gasteiger partial charge on any atom is 0.240 e. The normalized spacial score (nSPS) is 12.1. The maximum absolute atomic E-state index is 10.6. The van der Waals surface area contributed by atoms with E-state index in [4.69, 9.17) is 11.7 Å². The van der Waals surface area contributed by atoms with Crippen LogP contribution in [0.25, 0.3) is 4.85 Å². The van der Waals surface area contributed by atoms with Crippen molar-refractivity contribution in [2.24, 2.45) is 0 Å². The van der Waals surface area contributed by atoms with E-state index in [-0.39, 0.29) is 18.7 Å². The van der Waals surface area contributed by atoms with Gasteiger partial charge in [0, 0.05) is 12.8 Å². The van der Waals surface area contributed by atoms with Crippen LogP contribution in [0, 0.1) is 6.57 Å². The number of aliphatic hydroxyl groups excluding tert-OH is 1. The summed E-state index contributed by atoms with van der Waals surface area (Å²) in [4.78, 5) is 13.6. The molecule has 3 heteroatoms. The summed E-state index contributed by atoms with van der Waals surface area (Å²) >= 11 is 0. The molecular weight excluding hydrogens is 130 g/mol. The van der Waals surface area contributed by atoms with Crippen molar-refractivity contribution in [2.75, 3.05) is 6.54 Å². The molecule has 0 spiro atoms. The molecule has 10 heavy (non-hydrogen) atoms. The van der Waals surface area contributed by atoms with Crippen LogP contribution in [-0.4, -0.2) is 23.5 Å². The molecule has 0 aromatic carbocycles. The molecular formula is C7H11NO2. The first kappa shape index (κ1) is 9.12. The molecule has 1 atom stereocenters. The highest BCUT2D eigenvalue weighted by atomic mass is 16.3. The van der Waals surface area contributed by atoms with E-state index in [9.17, 15) is 4.79 Å². The third-order valence-corrected chi connectivity index (χ3v) is 1.16. The predicted octanol–water partition coefficient (Wildman–Crippen LogP) is 0.636. The van der Waals surface area contributed by atoms with Crippen LogP contribution in [0.15, 0.2) is 0 Å². The number of hydrogen-bond donors (Lipinski definition) is 1. The van der Waals surface area contributed by atoms with E-state index >= 15 is 0 Å². The molecule has 0 aromatic rings. The number of nitrogens with zero attached hydrogens (tertiary/aromatic N) is 1. The first-order valence-corrected chi connectivity index (χ1v) is 3.23. The minimum atomic E-state index is -0.759. The average molecular weight is 141 g/mol. The Balaban J connectivity index is 3.49. The number of Topliss-reactive ketones (excluding diaryl/α,β-unsaturated/α-hetero) is 1. The molecule has 0 amide bonds. The van der Waals surface area contributed by atoms with Crippen molar-refractivity contribution in [3.63, 3.8) is 0 Å². The largest absolute Gasteiger partial charge is 0.385 e. The molecule has 0 bridgehead atoms. The van der Waals surface area contributed by atoms with Crippen molar-refractivity contribution >= 4 is 5.78 Å². The second-order valence-corrected chi connectivity index (χ2v) is 2.09. The van der Waals surface area contributed by atoms with Crippen molar-refractivity contribution in [2.45, 2.75) is 25.9 Å². The molecule has 0 aliphatic carbocycles. The lowest BCUT2D eigenvalue weighted by Crippen LogP contribution is -2.14. The molecule has 0 rings (SSSR count). The van der Waals surface area contributed by atoms with Crippen LogP contribution in [0.1, 0.15) is 19.8 Å². The van der Waals surface area contributed by atoms with Gasteiger partial charge in [0.15, 0.2) is 0 Å². The Morgan fingerprint density at radius 2 is 2.40 bits per heavy atom. The van der Waals surface area contributed by atoms with Gasteiger partial charge in [0.05, 0.1) is 0 Å². The predicted molar refractivity (Wildman–Crippen MR) is 37.4 cm³/mol. The highest BCUT2D eigenvalue weighted by molar-refractivity contribution is 5.78. The van der Waals surface area contributed by atoms with Gasteiger partial charge in [-0.3, -0.25) is 4.79 Å². The summed E-state index contributed by atoms with van der Waals surface area (Å²) in [6.45, 7) is 8.16. The van der Waals surface area contributed by atoms with Gasteiger partial charge in [-0.2, -0.15) is 0 Å². The van der Waals surface area contributed by atoms with Gasteiger partial charge < -0.3 is 9.95 Å². The number of carbonyl (C=O) groups is 1. The summed E-state index contributed by atoms with van der Waals surface area (Å²) in [5, 5.41) is 8.92. The summed E-state index contributed by atoms with van der Waals surface area (Å²) < 4.78 is 0. The number of rotatable bonds is 4. The fraction of sp³-hybridized carbons (Fsp3) is 0.714. The van der Waals surface area contributed by atoms with Gasteiger partial charge in [0.2, 0.25) is 6.54 Å².